The van der Waals surface area contributed by atoms with E-state index in [4.69, 9.17) is 11.6 Å². The molecule has 112 valence electrons. The molecule has 5 nitrogen and oxygen atoms in total. The Balaban J connectivity index is 2.15. The number of anilines is 1. The van der Waals surface area contributed by atoms with E-state index in [9.17, 15) is 5.11 Å². The lowest BCUT2D eigenvalue weighted by atomic mass is 10.0. The van der Waals surface area contributed by atoms with Gasteiger partial charge >= 0.3 is 0 Å². The van der Waals surface area contributed by atoms with E-state index in [-0.39, 0.29) is 5.76 Å². The summed E-state index contributed by atoms with van der Waals surface area (Å²) in [6, 6.07) is 3.72. The molecule has 2 N–H and O–H groups in total. The predicted molar refractivity (Wildman–Crippen MR) is 90.3 cm³/mol. The van der Waals surface area contributed by atoms with Crippen LogP contribution in [0.4, 0.5) is 5.95 Å². The minimum atomic E-state index is 0.0127. The lowest BCUT2D eigenvalue weighted by Gasteiger charge is -2.10. The van der Waals surface area contributed by atoms with Gasteiger partial charge in [-0.25, -0.2) is 9.97 Å². The quantitative estimate of drug-likeness (QED) is 0.720. The van der Waals surface area contributed by atoms with Crippen molar-refractivity contribution < 1.29 is 5.11 Å². The standard InChI is InChI=1S/C16H15ClN4O/c1-9(22)13-8-18-15-5-14(17)11(4-12(13)15)10-6-19-16(20-7-10)21(2)3/h4-8,18,22H,1H2,2-3H3. The first kappa shape index (κ1) is 14.4. The van der Waals surface area contributed by atoms with E-state index in [0.717, 1.165) is 22.0 Å². The highest BCUT2D eigenvalue weighted by Gasteiger charge is 2.12. The average molecular weight is 315 g/mol. The molecule has 0 radical (unpaired) electrons. The van der Waals surface area contributed by atoms with Gasteiger partial charge in [0.2, 0.25) is 5.95 Å². The van der Waals surface area contributed by atoms with Crippen molar-refractivity contribution in [1.82, 2.24) is 15.0 Å². The summed E-state index contributed by atoms with van der Waals surface area (Å²) in [5.74, 6) is 0.644. The molecule has 0 saturated carbocycles. The van der Waals surface area contributed by atoms with E-state index >= 15 is 0 Å². The molecule has 0 aliphatic heterocycles. The second kappa shape index (κ2) is 5.35. The first-order chi connectivity index (χ1) is 10.5. The Hall–Kier alpha value is -2.53. The van der Waals surface area contributed by atoms with Gasteiger partial charge in [0.25, 0.3) is 0 Å². The van der Waals surface area contributed by atoms with E-state index < -0.39 is 0 Å². The molecule has 0 aliphatic rings. The number of aliphatic hydroxyl groups excluding tert-OH is 1. The number of nitrogens with one attached hydrogen (secondary N) is 1. The molecule has 22 heavy (non-hydrogen) atoms. The Morgan fingerprint density at radius 2 is 1.95 bits per heavy atom. The molecular weight excluding hydrogens is 300 g/mol. The zero-order chi connectivity index (χ0) is 15.9. The molecule has 0 atom stereocenters. The van der Waals surface area contributed by atoms with E-state index in [1.54, 1.807) is 18.6 Å². The molecule has 0 spiro atoms. The summed E-state index contributed by atoms with van der Waals surface area (Å²) in [6.07, 6.45) is 5.17. The van der Waals surface area contributed by atoms with Crippen LogP contribution in [0.1, 0.15) is 5.56 Å². The van der Waals surface area contributed by atoms with E-state index in [1.165, 1.54) is 0 Å². The fraction of sp³-hybridized carbons (Fsp3) is 0.125. The third-order valence-corrected chi connectivity index (χ3v) is 3.74. The van der Waals surface area contributed by atoms with Crippen LogP contribution in [0.15, 0.2) is 37.3 Å². The maximum absolute atomic E-state index is 9.66. The number of fused-ring (bicyclic) bond motifs is 1. The van der Waals surface area contributed by atoms with Crippen LogP contribution < -0.4 is 4.90 Å². The van der Waals surface area contributed by atoms with Gasteiger partial charge in [-0.2, -0.15) is 0 Å². The van der Waals surface area contributed by atoms with Gasteiger partial charge in [-0.1, -0.05) is 18.2 Å². The molecule has 2 heterocycles. The normalized spacial score (nSPS) is 10.9. The van der Waals surface area contributed by atoms with Crippen molar-refractivity contribution in [3.63, 3.8) is 0 Å². The highest BCUT2D eigenvalue weighted by Crippen LogP contribution is 2.34. The van der Waals surface area contributed by atoms with Crippen LogP contribution in [0.25, 0.3) is 27.8 Å². The first-order valence-corrected chi connectivity index (χ1v) is 7.04. The van der Waals surface area contributed by atoms with Crippen LogP contribution in [-0.2, 0) is 0 Å². The largest absolute Gasteiger partial charge is 0.508 e. The number of nitrogens with zero attached hydrogens (tertiary/aromatic N) is 3. The number of hydrogen-bond acceptors (Lipinski definition) is 4. The number of halogens is 1. The lowest BCUT2D eigenvalue weighted by Crippen LogP contribution is -2.12. The number of aliphatic hydroxyl groups is 1. The van der Waals surface area contributed by atoms with Gasteiger partial charge in [-0.15, -0.1) is 0 Å². The third kappa shape index (κ3) is 2.40. The summed E-state index contributed by atoms with van der Waals surface area (Å²) in [6.45, 7) is 3.58. The number of H-pyrrole nitrogens is 1. The van der Waals surface area contributed by atoms with Crippen LogP contribution in [0, 0.1) is 0 Å². The Labute approximate surface area is 132 Å². The topological polar surface area (TPSA) is 65.0 Å². The van der Waals surface area contributed by atoms with Crippen molar-refractivity contribution in [2.24, 2.45) is 0 Å². The van der Waals surface area contributed by atoms with Gasteiger partial charge in [0.15, 0.2) is 0 Å². The summed E-state index contributed by atoms with van der Waals surface area (Å²) in [5, 5.41) is 11.1. The maximum atomic E-state index is 9.66. The molecule has 6 heteroatoms. The van der Waals surface area contributed by atoms with Gasteiger partial charge in [0, 0.05) is 60.3 Å². The zero-order valence-electron chi connectivity index (χ0n) is 12.3. The van der Waals surface area contributed by atoms with Gasteiger partial charge < -0.3 is 15.0 Å². The Kier molecular flexibility index (Phi) is 3.50. The van der Waals surface area contributed by atoms with E-state index in [0.29, 0.717) is 16.5 Å². The maximum Gasteiger partial charge on any atom is 0.224 e. The fourth-order valence-corrected chi connectivity index (χ4v) is 2.57. The summed E-state index contributed by atoms with van der Waals surface area (Å²) < 4.78 is 0. The molecule has 0 saturated heterocycles. The second-order valence-corrected chi connectivity index (χ2v) is 5.60. The van der Waals surface area contributed by atoms with Crippen molar-refractivity contribution in [2.45, 2.75) is 0 Å². The molecule has 0 amide bonds. The van der Waals surface area contributed by atoms with Crippen molar-refractivity contribution in [2.75, 3.05) is 19.0 Å². The van der Waals surface area contributed by atoms with Crippen LogP contribution in [0.5, 0.6) is 0 Å². The van der Waals surface area contributed by atoms with Crippen molar-refractivity contribution >= 4 is 34.2 Å². The van der Waals surface area contributed by atoms with E-state index in [2.05, 4.69) is 21.5 Å². The summed E-state index contributed by atoms with van der Waals surface area (Å²) >= 11 is 6.36. The Bertz CT molecular complexity index is 852. The van der Waals surface area contributed by atoms with Gasteiger partial charge in [0.05, 0.1) is 5.02 Å². The molecule has 0 aliphatic carbocycles. The summed E-state index contributed by atoms with van der Waals surface area (Å²) in [5.41, 5.74) is 3.11. The third-order valence-electron chi connectivity index (χ3n) is 3.43. The van der Waals surface area contributed by atoms with Crippen LogP contribution in [0.2, 0.25) is 5.02 Å². The average Bonchev–Trinajstić information content (AvgIpc) is 2.89. The molecule has 0 fully saturated rings. The Morgan fingerprint density at radius 3 is 2.55 bits per heavy atom. The molecule has 3 aromatic rings. The zero-order valence-corrected chi connectivity index (χ0v) is 13.0. The number of benzene rings is 1. The summed E-state index contributed by atoms with van der Waals surface area (Å²) in [7, 11) is 3.76. The van der Waals surface area contributed by atoms with Gasteiger partial charge in [-0.05, 0) is 12.1 Å². The number of hydrogen-bond donors (Lipinski definition) is 2. The minimum absolute atomic E-state index is 0.0127. The van der Waals surface area contributed by atoms with Crippen molar-refractivity contribution in [3.05, 3.63) is 47.9 Å². The van der Waals surface area contributed by atoms with Crippen LogP contribution in [-0.4, -0.2) is 34.2 Å². The predicted octanol–water partition coefficient (Wildman–Crippen LogP) is 3.87. The van der Waals surface area contributed by atoms with Crippen LogP contribution >= 0.6 is 11.6 Å². The van der Waals surface area contributed by atoms with E-state index in [1.807, 2.05) is 31.1 Å². The lowest BCUT2D eigenvalue weighted by molar-refractivity contribution is 0.514. The monoisotopic (exact) mass is 314 g/mol. The molecule has 2 aromatic heterocycles. The van der Waals surface area contributed by atoms with Crippen molar-refractivity contribution in [3.8, 4) is 11.1 Å². The Morgan fingerprint density at radius 1 is 1.27 bits per heavy atom. The molecular formula is C16H15ClN4O. The molecule has 0 unspecified atom stereocenters. The number of rotatable bonds is 3. The second-order valence-electron chi connectivity index (χ2n) is 5.19. The van der Waals surface area contributed by atoms with Gasteiger partial charge in [0.1, 0.15) is 5.76 Å². The molecule has 3 rings (SSSR count). The number of aromatic amines is 1. The van der Waals surface area contributed by atoms with Crippen LogP contribution in [0.3, 0.4) is 0 Å². The van der Waals surface area contributed by atoms with Crippen molar-refractivity contribution in [1.29, 1.82) is 0 Å². The highest BCUT2D eigenvalue weighted by atomic mass is 35.5. The fourth-order valence-electron chi connectivity index (χ4n) is 2.29. The minimum Gasteiger partial charge on any atom is -0.508 e. The highest BCUT2D eigenvalue weighted by molar-refractivity contribution is 6.34. The SMILES string of the molecule is C=C(O)c1c[nH]c2cc(Cl)c(-c3cnc(N(C)C)nc3)cc12. The smallest absolute Gasteiger partial charge is 0.224 e. The number of aromatic nitrogens is 3. The molecule has 0 bridgehead atoms. The van der Waals surface area contributed by atoms with Gasteiger partial charge in [-0.3, -0.25) is 0 Å². The molecule has 1 aromatic carbocycles. The summed E-state index contributed by atoms with van der Waals surface area (Å²) in [4.78, 5) is 13.5. The first-order valence-electron chi connectivity index (χ1n) is 6.66.